The van der Waals surface area contributed by atoms with Gasteiger partial charge in [-0.2, -0.15) is 0 Å². The lowest BCUT2D eigenvalue weighted by atomic mass is 9.98. The Morgan fingerprint density at radius 1 is 1.00 bits per heavy atom. The Morgan fingerprint density at radius 2 is 1.65 bits per heavy atom. The van der Waals surface area contributed by atoms with Crippen molar-refractivity contribution in [3.05, 3.63) is 65.2 Å². The van der Waals surface area contributed by atoms with Crippen LogP contribution in [0, 0.1) is 6.92 Å². The maximum absolute atomic E-state index is 12.2. The summed E-state index contributed by atoms with van der Waals surface area (Å²) in [4.78, 5) is 0. The molecule has 2 nitrogen and oxygen atoms in total. The molecule has 2 aromatic carbocycles. The fraction of sp³-hybridized carbons (Fsp3) is 0.200. The molecule has 0 aliphatic heterocycles. The van der Waals surface area contributed by atoms with E-state index >= 15 is 0 Å². The number of benzene rings is 2. The Bertz CT molecular complexity index is 578. The standard InChI is InChI=1S/C15H14F3NO/c1-10-5-7-11(8-6-10)14(19)12-3-2-4-13(9-12)20-15(16,17)18/h2-9,14H,19H2,1H3. The molecule has 0 spiro atoms. The largest absolute Gasteiger partial charge is 0.573 e. The predicted molar refractivity (Wildman–Crippen MR) is 70.3 cm³/mol. The fourth-order valence-electron chi connectivity index (χ4n) is 1.87. The zero-order chi connectivity index (χ0) is 14.8. The minimum atomic E-state index is -4.70. The predicted octanol–water partition coefficient (Wildman–Crippen LogP) is 3.94. The van der Waals surface area contributed by atoms with E-state index in [0.717, 1.165) is 11.1 Å². The fourth-order valence-corrected chi connectivity index (χ4v) is 1.87. The van der Waals surface area contributed by atoms with Crippen LogP contribution in [0.25, 0.3) is 0 Å². The lowest BCUT2D eigenvalue weighted by Gasteiger charge is -2.15. The van der Waals surface area contributed by atoms with Gasteiger partial charge in [-0.3, -0.25) is 0 Å². The first-order chi connectivity index (χ1) is 9.35. The maximum Gasteiger partial charge on any atom is 0.573 e. The molecule has 0 aliphatic carbocycles. The Morgan fingerprint density at radius 3 is 2.25 bits per heavy atom. The van der Waals surface area contributed by atoms with Gasteiger partial charge in [0, 0.05) is 0 Å². The van der Waals surface area contributed by atoms with Gasteiger partial charge in [0.25, 0.3) is 0 Å². The SMILES string of the molecule is Cc1ccc(C(N)c2cccc(OC(F)(F)F)c2)cc1. The van der Waals surface area contributed by atoms with Gasteiger partial charge in [0.2, 0.25) is 0 Å². The van der Waals surface area contributed by atoms with Gasteiger partial charge >= 0.3 is 6.36 Å². The summed E-state index contributed by atoms with van der Waals surface area (Å²) in [6.45, 7) is 1.95. The molecule has 2 rings (SSSR count). The zero-order valence-corrected chi connectivity index (χ0v) is 10.8. The van der Waals surface area contributed by atoms with Gasteiger partial charge in [0.05, 0.1) is 6.04 Å². The Kier molecular flexibility index (Phi) is 3.99. The molecule has 0 fully saturated rings. The molecule has 2 aromatic rings. The van der Waals surface area contributed by atoms with E-state index in [1.54, 1.807) is 6.07 Å². The summed E-state index contributed by atoms with van der Waals surface area (Å²) in [5.74, 6) is -0.266. The van der Waals surface area contributed by atoms with Crippen LogP contribution in [0.5, 0.6) is 5.75 Å². The van der Waals surface area contributed by atoms with Crippen LogP contribution in [-0.4, -0.2) is 6.36 Å². The van der Waals surface area contributed by atoms with E-state index in [4.69, 9.17) is 5.73 Å². The van der Waals surface area contributed by atoms with Crippen LogP contribution in [0.1, 0.15) is 22.7 Å². The van der Waals surface area contributed by atoms with Crippen molar-refractivity contribution >= 4 is 0 Å². The summed E-state index contributed by atoms with van der Waals surface area (Å²) in [7, 11) is 0. The summed E-state index contributed by atoms with van der Waals surface area (Å²) in [5, 5.41) is 0. The quantitative estimate of drug-likeness (QED) is 0.924. The molecule has 0 aromatic heterocycles. The summed E-state index contributed by atoms with van der Waals surface area (Å²) in [5.41, 5.74) is 8.55. The van der Waals surface area contributed by atoms with Gasteiger partial charge in [0.15, 0.2) is 0 Å². The van der Waals surface area contributed by atoms with Crippen LogP contribution >= 0.6 is 0 Å². The summed E-state index contributed by atoms with van der Waals surface area (Å²) in [6, 6.07) is 12.8. The van der Waals surface area contributed by atoms with E-state index in [1.165, 1.54) is 18.2 Å². The number of hydrogen-bond acceptors (Lipinski definition) is 2. The van der Waals surface area contributed by atoms with Crippen LogP contribution in [-0.2, 0) is 0 Å². The monoisotopic (exact) mass is 281 g/mol. The van der Waals surface area contributed by atoms with Gasteiger partial charge in [-0.1, -0.05) is 42.0 Å². The van der Waals surface area contributed by atoms with Crippen molar-refractivity contribution in [1.29, 1.82) is 0 Å². The third-order valence-electron chi connectivity index (χ3n) is 2.89. The first kappa shape index (κ1) is 14.4. The average molecular weight is 281 g/mol. The lowest BCUT2D eigenvalue weighted by molar-refractivity contribution is -0.274. The molecular formula is C15H14F3NO. The van der Waals surface area contributed by atoms with Gasteiger partial charge < -0.3 is 10.5 Å². The Hall–Kier alpha value is -2.01. The number of aryl methyl sites for hydroxylation is 1. The number of rotatable bonds is 3. The van der Waals surface area contributed by atoms with E-state index in [-0.39, 0.29) is 5.75 Å². The molecule has 0 heterocycles. The molecule has 2 N–H and O–H groups in total. The number of ether oxygens (including phenoxy) is 1. The third-order valence-corrected chi connectivity index (χ3v) is 2.89. The molecule has 0 saturated carbocycles. The second-order valence-corrected chi connectivity index (χ2v) is 4.51. The topological polar surface area (TPSA) is 35.2 Å². The molecule has 0 amide bonds. The second-order valence-electron chi connectivity index (χ2n) is 4.51. The first-order valence-corrected chi connectivity index (χ1v) is 6.03. The van der Waals surface area contributed by atoms with Crippen molar-refractivity contribution in [3.63, 3.8) is 0 Å². The highest BCUT2D eigenvalue weighted by Gasteiger charge is 2.31. The van der Waals surface area contributed by atoms with Gasteiger partial charge in [-0.15, -0.1) is 13.2 Å². The molecule has 0 bridgehead atoms. The van der Waals surface area contributed by atoms with Crippen molar-refractivity contribution < 1.29 is 17.9 Å². The lowest BCUT2D eigenvalue weighted by Crippen LogP contribution is -2.18. The van der Waals surface area contributed by atoms with Gasteiger partial charge in [0.1, 0.15) is 5.75 Å². The van der Waals surface area contributed by atoms with E-state index in [9.17, 15) is 13.2 Å². The third kappa shape index (κ3) is 3.74. The summed E-state index contributed by atoms with van der Waals surface area (Å²) >= 11 is 0. The van der Waals surface area contributed by atoms with Gasteiger partial charge in [-0.25, -0.2) is 0 Å². The number of halogens is 3. The Labute approximate surface area is 115 Å². The molecule has 20 heavy (non-hydrogen) atoms. The molecule has 5 heteroatoms. The van der Waals surface area contributed by atoms with Crippen molar-refractivity contribution in [2.45, 2.75) is 19.3 Å². The van der Waals surface area contributed by atoms with Crippen molar-refractivity contribution in [2.24, 2.45) is 5.73 Å². The highest BCUT2D eigenvalue weighted by molar-refractivity contribution is 5.37. The molecule has 0 aliphatic rings. The van der Waals surface area contributed by atoms with Crippen LogP contribution in [0.3, 0.4) is 0 Å². The maximum atomic E-state index is 12.2. The van der Waals surface area contributed by atoms with Crippen molar-refractivity contribution in [2.75, 3.05) is 0 Å². The van der Waals surface area contributed by atoms with E-state index in [1.807, 2.05) is 31.2 Å². The summed E-state index contributed by atoms with van der Waals surface area (Å²) < 4.78 is 40.5. The summed E-state index contributed by atoms with van der Waals surface area (Å²) in [6.07, 6.45) is -4.70. The number of hydrogen-bond donors (Lipinski definition) is 1. The Balaban J connectivity index is 2.24. The number of nitrogens with two attached hydrogens (primary N) is 1. The van der Waals surface area contributed by atoms with E-state index in [0.29, 0.717) is 5.56 Å². The molecule has 0 radical (unpaired) electrons. The van der Waals surface area contributed by atoms with Crippen molar-refractivity contribution in [1.82, 2.24) is 0 Å². The highest BCUT2D eigenvalue weighted by Crippen LogP contribution is 2.27. The van der Waals surface area contributed by atoms with Crippen LogP contribution in [0.15, 0.2) is 48.5 Å². The zero-order valence-electron chi connectivity index (χ0n) is 10.8. The van der Waals surface area contributed by atoms with Crippen molar-refractivity contribution in [3.8, 4) is 5.75 Å². The number of alkyl halides is 3. The van der Waals surface area contributed by atoms with Crippen LogP contribution in [0.4, 0.5) is 13.2 Å². The molecule has 106 valence electrons. The first-order valence-electron chi connectivity index (χ1n) is 6.03. The minimum absolute atomic E-state index is 0.266. The normalized spacial score (nSPS) is 13.1. The highest BCUT2D eigenvalue weighted by atomic mass is 19.4. The van der Waals surface area contributed by atoms with Crippen LogP contribution in [0.2, 0.25) is 0 Å². The van der Waals surface area contributed by atoms with E-state index < -0.39 is 12.4 Å². The average Bonchev–Trinajstić information content (AvgIpc) is 2.37. The van der Waals surface area contributed by atoms with Gasteiger partial charge in [-0.05, 0) is 30.2 Å². The molecule has 0 saturated heterocycles. The smallest absolute Gasteiger partial charge is 0.406 e. The molecule has 1 atom stereocenters. The minimum Gasteiger partial charge on any atom is -0.406 e. The molecule has 1 unspecified atom stereocenters. The second kappa shape index (κ2) is 5.54. The van der Waals surface area contributed by atoms with E-state index in [2.05, 4.69) is 4.74 Å². The molecular weight excluding hydrogens is 267 g/mol. The van der Waals surface area contributed by atoms with Crippen LogP contribution < -0.4 is 10.5 Å².